The fourth-order valence-electron chi connectivity index (χ4n) is 3.25. The number of benzene rings is 1. The number of halogens is 1. The monoisotopic (exact) mass is 419 g/mol. The number of aromatic nitrogens is 1. The topological polar surface area (TPSA) is 72.5 Å². The molecule has 29 heavy (non-hydrogen) atoms. The standard InChI is InChI=1S/C22H30ClN3O3/c1-8-17(15(5)28-7)26-18-11-14(4)25-22(19(18)21(27)24-6)29-20-12(2)9-16(23)10-13(20)3/h9-11,15,17H,8H2,1-7H3,(H,24,27)(H,25,26). The number of aryl methyl sites for hydroxylation is 3. The summed E-state index contributed by atoms with van der Waals surface area (Å²) in [6.07, 6.45) is 0.797. The Labute approximate surface area is 178 Å². The van der Waals surface area contributed by atoms with Gasteiger partial charge in [0.05, 0.1) is 17.8 Å². The molecule has 0 spiro atoms. The minimum atomic E-state index is -0.279. The summed E-state index contributed by atoms with van der Waals surface area (Å²) in [5.41, 5.74) is 3.49. The smallest absolute Gasteiger partial charge is 0.258 e. The average molecular weight is 420 g/mol. The van der Waals surface area contributed by atoms with Gasteiger partial charge in [-0.3, -0.25) is 4.79 Å². The summed E-state index contributed by atoms with van der Waals surface area (Å²) in [5, 5.41) is 6.77. The molecule has 1 aromatic carbocycles. The molecule has 2 aromatic rings. The van der Waals surface area contributed by atoms with Gasteiger partial charge in [-0.2, -0.15) is 0 Å². The number of anilines is 1. The summed E-state index contributed by atoms with van der Waals surface area (Å²) in [6, 6.07) is 5.53. The second-order valence-electron chi connectivity index (χ2n) is 7.14. The highest BCUT2D eigenvalue weighted by Crippen LogP contribution is 2.35. The highest BCUT2D eigenvalue weighted by atomic mass is 35.5. The lowest BCUT2D eigenvalue weighted by Crippen LogP contribution is -2.33. The van der Waals surface area contributed by atoms with Crippen LogP contribution in [0, 0.1) is 20.8 Å². The van der Waals surface area contributed by atoms with Crippen LogP contribution in [0.1, 0.15) is 47.4 Å². The van der Waals surface area contributed by atoms with Crippen LogP contribution in [0.5, 0.6) is 11.6 Å². The van der Waals surface area contributed by atoms with Gasteiger partial charge in [-0.25, -0.2) is 4.98 Å². The van der Waals surface area contributed by atoms with Gasteiger partial charge in [0.1, 0.15) is 11.3 Å². The zero-order valence-electron chi connectivity index (χ0n) is 18.1. The van der Waals surface area contributed by atoms with E-state index in [-0.39, 0.29) is 23.9 Å². The van der Waals surface area contributed by atoms with Crippen molar-refractivity contribution in [2.24, 2.45) is 0 Å². The van der Waals surface area contributed by atoms with Crippen molar-refractivity contribution in [1.29, 1.82) is 0 Å². The third kappa shape index (κ3) is 5.40. The highest BCUT2D eigenvalue weighted by Gasteiger charge is 2.24. The molecule has 1 aromatic heterocycles. The Morgan fingerprint density at radius 2 is 1.83 bits per heavy atom. The van der Waals surface area contributed by atoms with Gasteiger partial charge in [0.2, 0.25) is 5.88 Å². The maximum Gasteiger partial charge on any atom is 0.258 e. The molecule has 0 bridgehead atoms. The van der Waals surface area contributed by atoms with Crippen LogP contribution in [-0.4, -0.2) is 37.2 Å². The number of nitrogens with one attached hydrogen (secondary N) is 2. The number of carbonyl (C=O) groups excluding carboxylic acids is 1. The lowest BCUT2D eigenvalue weighted by atomic mass is 10.1. The van der Waals surface area contributed by atoms with Crippen LogP contribution in [0.2, 0.25) is 5.02 Å². The van der Waals surface area contributed by atoms with Gasteiger partial charge < -0.3 is 20.1 Å². The number of hydrogen-bond acceptors (Lipinski definition) is 5. The van der Waals surface area contributed by atoms with Gasteiger partial charge >= 0.3 is 0 Å². The molecule has 2 N–H and O–H groups in total. The SMILES string of the molecule is CCC(Nc1cc(C)nc(Oc2c(C)cc(Cl)cc2C)c1C(=O)NC)C(C)OC. The molecular weight excluding hydrogens is 390 g/mol. The summed E-state index contributed by atoms with van der Waals surface area (Å²) >= 11 is 6.14. The van der Waals surface area contributed by atoms with Crippen molar-refractivity contribution in [3.8, 4) is 11.6 Å². The Bertz CT molecular complexity index is 863. The van der Waals surface area contributed by atoms with Crippen molar-refractivity contribution in [3.63, 3.8) is 0 Å². The molecule has 7 heteroatoms. The first-order valence-electron chi connectivity index (χ1n) is 9.69. The first-order valence-corrected chi connectivity index (χ1v) is 10.1. The molecule has 0 aliphatic rings. The number of rotatable bonds is 8. The van der Waals surface area contributed by atoms with E-state index in [1.807, 2.05) is 45.9 Å². The van der Waals surface area contributed by atoms with E-state index in [0.717, 1.165) is 23.2 Å². The van der Waals surface area contributed by atoms with Gasteiger partial charge in [0.15, 0.2) is 0 Å². The van der Waals surface area contributed by atoms with Crippen LogP contribution in [0.4, 0.5) is 5.69 Å². The number of carbonyl (C=O) groups is 1. The number of pyridine rings is 1. The van der Waals surface area contributed by atoms with Gasteiger partial charge in [0.25, 0.3) is 5.91 Å². The van der Waals surface area contributed by atoms with Crippen LogP contribution in [0.15, 0.2) is 18.2 Å². The Hall–Kier alpha value is -2.31. The first kappa shape index (κ1) is 23.0. The fraction of sp³-hybridized carbons (Fsp3) is 0.455. The van der Waals surface area contributed by atoms with E-state index in [1.54, 1.807) is 14.2 Å². The highest BCUT2D eigenvalue weighted by molar-refractivity contribution is 6.30. The molecular formula is C22H30ClN3O3. The number of methoxy groups -OCH3 is 1. The molecule has 0 fully saturated rings. The van der Waals surface area contributed by atoms with E-state index in [4.69, 9.17) is 21.1 Å². The van der Waals surface area contributed by atoms with Crippen LogP contribution < -0.4 is 15.4 Å². The predicted octanol–water partition coefficient (Wildman–Crippen LogP) is 5.04. The maximum atomic E-state index is 12.8. The Morgan fingerprint density at radius 1 is 1.21 bits per heavy atom. The van der Waals surface area contributed by atoms with Gasteiger partial charge in [-0.1, -0.05) is 18.5 Å². The molecule has 0 radical (unpaired) electrons. The quantitative estimate of drug-likeness (QED) is 0.627. The van der Waals surface area contributed by atoms with E-state index in [1.165, 1.54) is 0 Å². The van der Waals surface area contributed by atoms with E-state index in [9.17, 15) is 4.79 Å². The lowest BCUT2D eigenvalue weighted by molar-refractivity contribution is 0.0955. The molecule has 158 valence electrons. The second kappa shape index (κ2) is 9.94. The Kier molecular flexibility index (Phi) is 7.88. The number of amides is 1. The zero-order valence-corrected chi connectivity index (χ0v) is 18.9. The van der Waals surface area contributed by atoms with Crippen molar-refractivity contribution in [2.75, 3.05) is 19.5 Å². The predicted molar refractivity (Wildman–Crippen MR) is 118 cm³/mol. The van der Waals surface area contributed by atoms with E-state index in [2.05, 4.69) is 22.5 Å². The van der Waals surface area contributed by atoms with E-state index in [0.29, 0.717) is 22.0 Å². The fourth-order valence-corrected chi connectivity index (χ4v) is 3.57. The number of nitrogens with zero attached hydrogens (tertiary/aromatic N) is 1. The van der Waals surface area contributed by atoms with Crippen LogP contribution in [0.25, 0.3) is 0 Å². The molecule has 0 aliphatic carbocycles. The van der Waals surface area contributed by atoms with Crippen molar-refractivity contribution in [2.45, 2.75) is 53.2 Å². The first-order chi connectivity index (χ1) is 13.7. The van der Waals surface area contributed by atoms with Crippen LogP contribution in [0.3, 0.4) is 0 Å². The Morgan fingerprint density at radius 3 is 2.34 bits per heavy atom. The van der Waals surface area contributed by atoms with E-state index < -0.39 is 0 Å². The van der Waals surface area contributed by atoms with Crippen LogP contribution in [-0.2, 0) is 4.74 Å². The third-order valence-electron chi connectivity index (χ3n) is 4.91. The summed E-state index contributed by atoms with van der Waals surface area (Å²) < 4.78 is 11.6. The van der Waals surface area contributed by atoms with Crippen molar-refractivity contribution < 1.29 is 14.3 Å². The van der Waals surface area contributed by atoms with Crippen molar-refractivity contribution >= 4 is 23.2 Å². The molecule has 0 saturated carbocycles. The molecule has 1 heterocycles. The third-order valence-corrected chi connectivity index (χ3v) is 5.13. The largest absolute Gasteiger partial charge is 0.438 e. The Balaban J connectivity index is 2.58. The molecule has 0 saturated heterocycles. The summed E-state index contributed by atoms with van der Waals surface area (Å²) in [7, 11) is 3.26. The number of ether oxygens (including phenoxy) is 2. The molecule has 1 amide bonds. The molecule has 2 atom stereocenters. The van der Waals surface area contributed by atoms with Crippen molar-refractivity contribution in [3.05, 3.63) is 45.6 Å². The minimum Gasteiger partial charge on any atom is -0.438 e. The average Bonchev–Trinajstić information content (AvgIpc) is 2.67. The molecule has 2 rings (SSSR count). The van der Waals surface area contributed by atoms with E-state index >= 15 is 0 Å². The van der Waals surface area contributed by atoms with Gasteiger partial charge in [-0.15, -0.1) is 0 Å². The second-order valence-corrected chi connectivity index (χ2v) is 7.58. The van der Waals surface area contributed by atoms with Crippen LogP contribution >= 0.6 is 11.6 Å². The molecule has 6 nitrogen and oxygen atoms in total. The number of hydrogen-bond donors (Lipinski definition) is 2. The summed E-state index contributed by atoms with van der Waals surface area (Å²) in [4.78, 5) is 17.3. The summed E-state index contributed by atoms with van der Waals surface area (Å²) in [6.45, 7) is 9.76. The minimum absolute atomic E-state index is 0.0251. The molecule has 0 aliphatic heterocycles. The van der Waals surface area contributed by atoms with Crippen molar-refractivity contribution in [1.82, 2.24) is 10.3 Å². The summed E-state index contributed by atoms with van der Waals surface area (Å²) in [5.74, 6) is 0.611. The van der Waals surface area contributed by atoms with Gasteiger partial charge in [0, 0.05) is 24.9 Å². The maximum absolute atomic E-state index is 12.8. The zero-order chi connectivity index (χ0) is 21.7. The normalized spacial score (nSPS) is 13.0. The molecule has 2 unspecified atom stereocenters. The van der Waals surface area contributed by atoms with Gasteiger partial charge in [-0.05, 0) is 63.4 Å². The lowest BCUT2D eigenvalue weighted by Gasteiger charge is -2.26.